The van der Waals surface area contributed by atoms with Gasteiger partial charge < -0.3 is 14.2 Å². The van der Waals surface area contributed by atoms with Crippen molar-refractivity contribution in [3.63, 3.8) is 0 Å². The number of esters is 2. The van der Waals surface area contributed by atoms with Gasteiger partial charge in [-0.2, -0.15) is 0 Å². The Bertz CT molecular complexity index is 462. The van der Waals surface area contributed by atoms with Crippen molar-refractivity contribution in [2.24, 2.45) is 11.8 Å². The maximum atomic E-state index is 12.7. The summed E-state index contributed by atoms with van der Waals surface area (Å²) >= 11 is 0. The number of ether oxygens (including phenoxy) is 3. The second kappa shape index (κ2) is 15.7. The van der Waals surface area contributed by atoms with Crippen LogP contribution in [0, 0.1) is 11.8 Å². The SMILES string of the molecule is CCCCCCCCCOC(=O)C1C2CCC(O2)C1C(=O)OCCCCCCCCC. The zero-order valence-electron chi connectivity index (χ0n) is 20.1. The first kappa shape index (κ1) is 26.2. The molecule has 4 unspecified atom stereocenters. The van der Waals surface area contributed by atoms with Crippen LogP contribution in [0.4, 0.5) is 0 Å². The summed E-state index contributed by atoms with van der Waals surface area (Å²) < 4.78 is 17.0. The summed E-state index contributed by atoms with van der Waals surface area (Å²) in [4.78, 5) is 25.4. The Morgan fingerprint density at radius 3 is 1.35 bits per heavy atom. The van der Waals surface area contributed by atoms with Crippen LogP contribution in [0.3, 0.4) is 0 Å². The fourth-order valence-electron chi connectivity index (χ4n) is 4.93. The number of hydrogen-bond donors (Lipinski definition) is 0. The summed E-state index contributed by atoms with van der Waals surface area (Å²) in [5.74, 6) is -1.50. The van der Waals surface area contributed by atoms with E-state index in [2.05, 4.69) is 13.8 Å². The second-order valence-electron chi connectivity index (χ2n) is 9.42. The molecule has 0 radical (unpaired) electrons. The lowest BCUT2D eigenvalue weighted by Crippen LogP contribution is -2.40. The highest BCUT2D eigenvalue weighted by Crippen LogP contribution is 2.44. The lowest BCUT2D eigenvalue weighted by atomic mass is 9.79. The molecule has 2 heterocycles. The van der Waals surface area contributed by atoms with Gasteiger partial charge in [-0.3, -0.25) is 9.59 Å². The quantitative estimate of drug-likeness (QED) is 0.184. The molecule has 0 aromatic rings. The number of carbonyl (C=O) groups excluding carboxylic acids is 2. The molecule has 0 aromatic carbocycles. The third-order valence-electron chi connectivity index (χ3n) is 6.80. The molecule has 2 aliphatic rings. The highest BCUT2D eigenvalue weighted by atomic mass is 16.6. The number of fused-ring (bicyclic) bond motifs is 2. The van der Waals surface area contributed by atoms with E-state index in [-0.39, 0.29) is 24.1 Å². The highest BCUT2D eigenvalue weighted by Gasteiger charge is 2.56. The van der Waals surface area contributed by atoms with E-state index in [0.29, 0.717) is 13.2 Å². The Kier molecular flexibility index (Phi) is 13.2. The number of carbonyl (C=O) groups is 2. The molecule has 5 heteroatoms. The molecule has 0 saturated carbocycles. The Labute approximate surface area is 190 Å². The molecule has 180 valence electrons. The van der Waals surface area contributed by atoms with Crippen molar-refractivity contribution >= 4 is 11.9 Å². The Balaban J connectivity index is 1.63. The van der Waals surface area contributed by atoms with Crippen molar-refractivity contribution in [3.8, 4) is 0 Å². The predicted octanol–water partition coefficient (Wildman–Crippen LogP) is 6.37. The topological polar surface area (TPSA) is 61.8 Å². The molecule has 31 heavy (non-hydrogen) atoms. The van der Waals surface area contributed by atoms with E-state index in [4.69, 9.17) is 14.2 Å². The average molecular weight is 439 g/mol. The van der Waals surface area contributed by atoms with Crippen LogP contribution >= 0.6 is 0 Å². The fraction of sp³-hybridized carbons (Fsp3) is 0.923. The van der Waals surface area contributed by atoms with Gasteiger partial charge in [-0.25, -0.2) is 0 Å². The molecule has 0 aromatic heterocycles. The van der Waals surface area contributed by atoms with Gasteiger partial charge in [0.1, 0.15) is 0 Å². The third-order valence-corrected chi connectivity index (χ3v) is 6.80. The van der Waals surface area contributed by atoms with E-state index >= 15 is 0 Å². The fourth-order valence-corrected chi connectivity index (χ4v) is 4.93. The smallest absolute Gasteiger partial charge is 0.312 e. The highest BCUT2D eigenvalue weighted by molar-refractivity contribution is 5.84. The van der Waals surface area contributed by atoms with Gasteiger partial charge in [-0.15, -0.1) is 0 Å². The first-order chi connectivity index (χ1) is 15.2. The molecule has 5 nitrogen and oxygen atoms in total. The van der Waals surface area contributed by atoms with Gasteiger partial charge in [0, 0.05) is 0 Å². The number of unbranched alkanes of at least 4 members (excludes halogenated alkanes) is 12. The maximum absolute atomic E-state index is 12.7. The molecule has 4 atom stereocenters. The van der Waals surface area contributed by atoms with E-state index in [1.54, 1.807) is 0 Å². The summed E-state index contributed by atoms with van der Waals surface area (Å²) in [6.45, 7) is 5.33. The van der Waals surface area contributed by atoms with E-state index in [1.165, 1.54) is 64.2 Å². The standard InChI is InChI=1S/C26H46O5/c1-3-5-7-9-11-13-15-19-29-25(27)23-21-17-18-22(31-21)24(23)26(28)30-20-16-14-12-10-8-6-4-2/h21-24H,3-20H2,1-2H3. The van der Waals surface area contributed by atoms with Crippen LogP contribution in [0.1, 0.15) is 117 Å². The molecule has 0 spiro atoms. The largest absolute Gasteiger partial charge is 0.465 e. The van der Waals surface area contributed by atoms with E-state index < -0.39 is 11.8 Å². The number of hydrogen-bond acceptors (Lipinski definition) is 5. The van der Waals surface area contributed by atoms with Crippen molar-refractivity contribution in [1.82, 2.24) is 0 Å². The van der Waals surface area contributed by atoms with Crippen LogP contribution in [0.2, 0.25) is 0 Å². The maximum Gasteiger partial charge on any atom is 0.312 e. The molecule has 0 aliphatic carbocycles. The van der Waals surface area contributed by atoms with Crippen molar-refractivity contribution in [1.29, 1.82) is 0 Å². The summed E-state index contributed by atoms with van der Waals surface area (Å²) in [6.07, 6.45) is 17.9. The minimum Gasteiger partial charge on any atom is -0.465 e. The van der Waals surface area contributed by atoms with Crippen LogP contribution in [-0.4, -0.2) is 37.4 Å². The molecule has 2 fully saturated rings. The van der Waals surface area contributed by atoms with Crippen molar-refractivity contribution in [2.75, 3.05) is 13.2 Å². The van der Waals surface area contributed by atoms with Gasteiger partial charge in [0.05, 0.1) is 37.3 Å². The minimum absolute atomic E-state index is 0.178. The van der Waals surface area contributed by atoms with Crippen molar-refractivity contribution in [3.05, 3.63) is 0 Å². The van der Waals surface area contributed by atoms with Crippen molar-refractivity contribution in [2.45, 2.75) is 129 Å². The lowest BCUT2D eigenvalue weighted by Gasteiger charge is -2.25. The Hall–Kier alpha value is -1.10. The van der Waals surface area contributed by atoms with Crippen LogP contribution in [0.15, 0.2) is 0 Å². The molecule has 2 aliphatic heterocycles. The first-order valence-electron chi connectivity index (χ1n) is 13.2. The van der Waals surface area contributed by atoms with Crippen molar-refractivity contribution < 1.29 is 23.8 Å². The third kappa shape index (κ3) is 9.11. The van der Waals surface area contributed by atoms with Gasteiger partial charge in [-0.05, 0) is 25.7 Å². The van der Waals surface area contributed by atoms with E-state index in [9.17, 15) is 9.59 Å². The molecule has 2 saturated heterocycles. The van der Waals surface area contributed by atoms with Gasteiger partial charge in [0.25, 0.3) is 0 Å². The van der Waals surface area contributed by atoms with Crippen LogP contribution in [-0.2, 0) is 23.8 Å². The van der Waals surface area contributed by atoms with E-state index in [1.807, 2.05) is 0 Å². The molecule has 0 amide bonds. The summed E-state index contributed by atoms with van der Waals surface area (Å²) in [7, 11) is 0. The molecule has 0 N–H and O–H groups in total. The summed E-state index contributed by atoms with van der Waals surface area (Å²) in [5.41, 5.74) is 0. The minimum atomic E-state index is -0.482. The van der Waals surface area contributed by atoms with E-state index in [0.717, 1.165) is 38.5 Å². The zero-order chi connectivity index (χ0) is 22.3. The van der Waals surface area contributed by atoms with Crippen LogP contribution in [0.5, 0.6) is 0 Å². The normalized spacial score (nSPS) is 24.5. The van der Waals surface area contributed by atoms with Gasteiger partial charge in [0.2, 0.25) is 0 Å². The monoisotopic (exact) mass is 438 g/mol. The first-order valence-corrected chi connectivity index (χ1v) is 13.2. The molecule has 2 bridgehead atoms. The van der Waals surface area contributed by atoms with Crippen LogP contribution < -0.4 is 0 Å². The van der Waals surface area contributed by atoms with Gasteiger partial charge in [-0.1, -0.05) is 90.9 Å². The van der Waals surface area contributed by atoms with Gasteiger partial charge >= 0.3 is 11.9 Å². The Morgan fingerprint density at radius 2 is 0.968 bits per heavy atom. The van der Waals surface area contributed by atoms with Gasteiger partial charge in [0.15, 0.2) is 0 Å². The Morgan fingerprint density at radius 1 is 0.613 bits per heavy atom. The molecule has 2 rings (SSSR count). The van der Waals surface area contributed by atoms with Crippen LogP contribution in [0.25, 0.3) is 0 Å². The lowest BCUT2D eigenvalue weighted by molar-refractivity contribution is -0.161. The average Bonchev–Trinajstić information content (AvgIpc) is 3.39. The summed E-state index contributed by atoms with van der Waals surface area (Å²) in [5, 5.41) is 0. The molecular formula is C26H46O5. The zero-order valence-corrected chi connectivity index (χ0v) is 20.1. The molecular weight excluding hydrogens is 392 g/mol. The summed E-state index contributed by atoms with van der Waals surface area (Å²) in [6, 6.07) is 0. The second-order valence-corrected chi connectivity index (χ2v) is 9.42. The number of rotatable bonds is 18. The predicted molar refractivity (Wildman–Crippen MR) is 123 cm³/mol.